The number of benzene rings is 3. The molecule has 1 aliphatic heterocycles. The van der Waals surface area contributed by atoms with Crippen LogP contribution in [0.15, 0.2) is 80.6 Å². The van der Waals surface area contributed by atoms with Crippen LogP contribution in [-0.2, 0) is 16.2 Å². The Morgan fingerprint density at radius 1 is 1.03 bits per heavy atom. The van der Waals surface area contributed by atoms with Crippen LogP contribution in [0.1, 0.15) is 16.7 Å². The van der Waals surface area contributed by atoms with Crippen LogP contribution < -0.4 is 10.1 Å². The first-order chi connectivity index (χ1) is 16.8. The van der Waals surface area contributed by atoms with E-state index in [1.807, 2.05) is 43.3 Å². The van der Waals surface area contributed by atoms with Gasteiger partial charge in [-0.15, -0.1) is 0 Å². The van der Waals surface area contributed by atoms with E-state index in [1.165, 1.54) is 0 Å². The van der Waals surface area contributed by atoms with Crippen molar-refractivity contribution in [3.8, 4) is 5.75 Å². The number of rotatable bonds is 7. The van der Waals surface area contributed by atoms with Crippen LogP contribution in [0.25, 0.3) is 6.08 Å². The molecule has 0 unspecified atom stereocenters. The van der Waals surface area contributed by atoms with Crippen molar-refractivity contribution >= 4 is 72.4 Å². The smallest absolute Gasteiger partial charge is 0.294 e. The molecule has 0 radical (unpaired) electrons. The third kappa shape index (κ3) is 6.42. The molecular formula is C26H20Br2N2O4S. The number of amides is 3. The van der Waals surface area contributed by atoms with Crippen molar-refractivity contribution in [1.82, 2.24) is 4.90 Å². The van der Waals surface area contributed by atoms with Crippen molar-refractivity contribution in [1.29, 1.82) is 0 Å². The molecule has 0 atom stereocenters. The molecule has 1 aliphatic rings. The summed E-state index contributed by atoms with van der Waals surface area (Å²) < 4.78 is 7.39. The number of imide groups is 1. The number of nitrogens with one attached hydrogen (secondary N) is 1. The minimum absolute atomic E-state index is 0.245. The van der Waals surface area contributed by atoms with Crippen molar-refractivity contribution in [3.63, 3.8) is 0 Å². The van der Waals surface area contributed by atoms with E-state index in [1.54, 1.807) is 30.3 Å². The van der Waals surface area contributed by atoms with Gasteiger partial charge in [-0.2, -0.15) is 0 Å². The van der Waals surface area contributed by atoms with Gasteiger partial charge in [0.1, 0.15) is 18.9 Å². The molecule has 0 aromatic heterocycles. The second-order valence-electron chi connectivity index (χ2n) is 7.77. The highest BCUT2D eigenvalue weighted by atomic mass is 79.9. The number of halogens is 2. The van der Waals surface area contributed by atoms with E-state index < -0.39 is 17.1 Å². The van der Waals surface area contributed by atoms with Crippen LogP contribution in [0.3, 0.4) is 0 Å². The number of hydrogen-bond donors (Lipinski definition) is 1. The van der Waals surface area contributed by atoms with E-state index in [9.17, 15) is 14.4 Å². The maximum absolute atomic E-state index is 12.8. The fourth-order valence-corrected chi connectivity index (χ4v) is 5.70. The van der Waals surface area contributed by atoms with Crippen LogP contribution in [0.2, 0.25) is 0 Å². The van der Waals surface area contributed by atoms with E-state index in [2.05, 4.69) is 43.2 Å². The molecule has 1 fully saturated rings. The van der Waals surface area contributed by atoms with Gasteiger partial charge in [0.2, 0.25) is 5.91 Å². The average molecular weight is 616 g/mol. The summed E-state index contributed by atoms with van der Waals surface area (Å²) in [5.74, 6) is -0.315. The lowest BCUT2D eigenvalue weighted by Crippen LogP contribution is -2.36. The van der Waals surface area contributed by atoms with E-state index in [-0.39, 0.29) is 11.4 Å². The molecule has 178 valence electrons. The van der Waals surface area contributed by atoms with Gasteiger partial charge in [-0.3, -0.25) is 19.3 Å². The Balaban J connectivity index is 1.44. The molecule has 1 saturated heterocycles. The van der Waals surface area contributed by atoms with Gasteiger partial charge in [0.25, 0.3) is 11.1 Å². The molecule has 0 aliphatic carbocycles. The molecule has 3 amide bonds. The zero-order valence-corrected chi connectivity index (χ0v) is 22.6. The Labute approximate surface area is 224 Å². The first-order valence-electron chi connectivity index (χ1n) is 10.6. The maximum Gasteiger partial charge on any atom is 0.294 e. The van der Waals surface area contributed by atoms with Gasteiger partial charge in [-0.1, -0.05) is 48.0 Å². The summed E-state index contributed by atoms with van der Waals surface area (Å²) in [5, 5.41) is 2.20. The van der Waals surface area contributed by atoms with Crippen LogP contribution in [0, 0.1) is 6.92 Å². The predicted octanol–water partition coefficient (Wildman–Crippen LogP) is 6.77. The van der Waals surface area contributed by atoms with Gasteiger partial charge in [0.15, 0.2) is 0 Å². The third-order valence-electron chi connectivity index (χ3n) is 5.02. The Kier molecular flexibility index (Phi) is 8.10. The van der Waals surface area contributed by atoms with E-state index in [0.717, 1.165) is 27.8 Å². The summed E-state index contributed by atoms with van der Waals surface area (Å²) in [5.41, 5.74) is 3.51. The number of aryl methyl sites for hydroxylation is 1. The molecule has 35 heavy (non-hydrogen) atoms. The minimum Gasteiger partial charge on any atom is -0.487 e. The molecule has 0 saturated carbocycles. The van der Waals surface area contributed by atoms with Gasteiger partial charge < -0.3 is 10.1 Å². The normalized spacial score (nSPS) is 14.5. The SMILES string of the molecule is Cc1cccc(COc2c(Br)cc(/C=C3\SC(=O)N(CC(=O)Nc4ccccc4)C3=O)cc2Br)c1. The van der Waals surface area contributed by atoms with Gasteiger partial charge in [0.05, 0.1) is 13.9 Å². The van der Waals surface area contributed by atoms with Crippen LogP contribution in [-0.4, -0.2) is 28.5 Å². The highest BCUT2D eigenvalue weighted by Crippen LogP contribution is 2.38. The fraction of sp³-hybridized carbons (Fsp3) is 0.115. The zero-order chi connectivity index (χ0) is 24.9. The summed E-state index contributed by atoms with van der Waals surface area (Å²) in [7, 11) is 0. The summed E-state index contributed by atoms with van der Waals surface area (Å²) in [6, 6.07) is 20.6. The number of thioether (sulfide) groups is 1. The van der Waals surface area contributed by atoms with Crippen LogP contribution in [0.5, 0.6) is 5.75 Å². The number of carbonyl (C=O) groups excluding carboxylic acids is 3. The number of para-hydroxylation sites is 1. The number of hydrogen-bond acceptors (Lipinski definition) is 5. The Bertz CT molecular complexity index is 1300. The highest BCUT2D eigenvalue weighted by molar-refractivity contribution is 9.11. The van der Waals surface area contributed by atoms with Crippen molar-refractivity contribution in [2.45, 2.75) is 13.5 Å². The molecule has 0 bridgehead atoms. The molecule has 3 aromatic rings. The first kappa shape index (κ1) is 25.2. The average Bonchev–Trinajstić information content (AvgIpc) is 3.06. The van der Waals surface area contributed by atoms with Crippen molar-refractivity contribution in [2.75, 3.05) is 11.9 Å². The minimum atomic E-state index is -0.504. The quantitative estimate of drug-likeness (QED) is 0.297. The van der Waals surface area contributed by atoms with E-state index in [0.29, 0.717) is 32.6 Å². The number of carbonyl (C=O) groups is 3. The summed E-state index contributed by atoms with van der Waals surface area (Å²) in [6.07, 6.45) is 1.62. The molecule has 0 spiro atoms. The Morgan fingerprint density at radius 3 is 2.43 bits per heavy atom. The summed E-state index contributed by atoms with van der Waals surface area (Å²) >= 11 is 7.87. The highest BCUT2D eigenvalue weighted by Gasteiger charge is 2.36. The molecule has 1 heterocycles. The molecule has 9 heteroatoms. The van der Waals surface area contributed by atoms with Crippen molar-refractivity contribution in [3.05, 3.63) is 97.3 Å². The zero-order valence-electron chi connectivity index (χ0n) is 18.6. The maximum atomic E-state index is 12.8. The van der Waals surface area contributed by atoms with Crippen LogP contribution >= 0.6 is 43.6 Å². The number of nitrogens with zero attached hydrogens (tertiary/aromatic N) is 1. The molecule has 1 N–H and O–H groups in total. The monoisotopic (exact) mass is 614 g/mol. The molecule has 3 aromatic carbocycles. The number of anilines is 1. The number of ether oxygens (including phenoxy) is 1. The topological polar surface area (TPSA) is 75.7 Å². The lowest BCUT2D eigenvalue weighted by atomic mass is 10.1. The largest absolute Gasteiger partial charge is 0.487 e. The van der Waals surface area contributed by atoms with Gasteiger partial charge in [-0.05, 0) is 92.0 Å². The second kappa shape index (κ2) is 11.2. The Hall–Kier alpha value is -2.88. The second-order valence-corrected chi connectivity index (χ2v) is 10.5. The molecular weight excluding hydrogens is 596 g/mol. The van der Waals surface area contributed by atoms with Crippen molar-refractivity contribution < 1.29 is 19.1 Å². The van der Waals surface area contributed by atoms with Gasteiger partial charge in [0, 0.05) is 5.69 Å². The molecule has 6 nitrogen and oxygen atoms in total. The van der Waals surface area contributed by atoms with Gasteiger partial charge >= 0.3 is 0 Å². The predicted molar refractivity (Wildman–Crippen MR) is 145 cm³/mol. The summed E-state index contributed by atoms with van der Waals surface area (Å²) in [4.78, 5) is 38.7. The summed E-state index contributed by atoms with van der Waals surface area (Å²) in [6.45, 7) is 2.08. The van der Waals surface area contributed by atoms with Gasteiger partial charge in [-0.25, -0.2) is 0 Å². The van der Waals surface area contributed by atoms with Crippen molar-refractivity contribution in [2.24, 2.45) is 0 Å². The standard InChI is InChI=1S/C26H20Br2N2O4S/c1-16-6-5-7-17(10-16)15-34-24-20(27)11-18(12-21(24)28)13-22-25(32)30(26(33)35-22)14-23(31)29-19-8-3-2-4-9-19/h2-13H,14-15H2,1H3,(H,29,31)/b22-13-. The van der Waals surface area contributed by atoms with Crippen LogP contribution in [0.4, 0.5) is 10.5 Å². The molecule has 4 rings (SSSR count). The lowest BCUT2D eigenvalue weighted by Gasteiger charge is -2.13. The first-order valence-corrected chi connectivity index (χ1v) is 13.0. The van der Waals surface area contributed by atoms with E-state index >= 15 is 0 Å². The lowest BCUT2D eigenvalue weighted by molar-refractivity contribution is -0.127. The Morgan fingerprint density at radius 2 is 1.74 bits per heavy atom. The third-order valence-corrected chi connectivity index (χ3v) is 7.10. The fourth-order valence-electron chi connectivity index (χ4n) is 3.41. The van der Waals surface area contributed by atoms with E-state index in [4.69, 9.17) is 4.74 Å².